The van der Waals surface area contributed by atoms with Crippen LogP contribution in [0.2, 0.25) is 0 Å². The lowest BCUT2D eigenvalue weighted by Crippen LogP contribution is -2.30. The van der Waals surface area contributed by atoms with E-state index in [4.69, 9.17) is 18.9 Å². The van der Waals surface area contributed by atoms with Gasteiger partial charge in [0.25, 0.3) is 0 Å². The molecule has 0 saturated carbocycles. The molecule has 1 unspecified atom stereocenters. The largest absolute Gasteiger partial charge is 0.454 e. The fourth-order valence-electron chi connectivity index (χ4n) is 2.36. The number of nitrogens with one attached hydrogen (secondary N) is 1. The van der Waals surface area contributed by atoms with E-state index in [1.807, 2.05) is 32.0 Å². The van der Waals surface area contributed by atoms with Crippen molar-refractivity contribution in [3.05, 3.63) is 23.8 Å². The first-order chi connectivity index (χ1) is 9.14. The molecule has 0 spiro atoms. The van der Waals surface area contributed by atoms with Crippen LogP contribution in [0.25, 0.3) is 0 Å². The van der Waals surface area contributed by atoms with Gasteiger partial charge in [-0.1, -0.05) is 12.1 Å². The zero-order chi connectivity index (χ0) is 13.3. The Hall–Kier alpha value is -1.30. The standard InChI is InChI=1S/C14H19NO4/c1-14(2)18-8-11(19-14)7-15-6-10-4-3-5-12-13(10)17-9-16-12/h3-5,11,15H,6-9H2,1-2H3. The Balaban J connectivity index is 1.52. The van der Waals surface area contributed by atoms with Gasteiger partial charge < -0.3 is 24.3 Å². The van der Waals surface area contributed by atoms with E-state index >= 15 is 0 Å². The molecule has 3 rings (SSSR count). The van der Waals surface area contributed by atoms with Gasteiger partial charge in [-0.25, -0.2) is 0 Å². The number of fused-ring (bicyclic) bond motifs is 1. The fourth-order valence-corrected chi connectivity index (χ4v) is 2.36. The first kappa shape index (κ1) is 12.7. The monoisotopic (exact) mass is 265 g/mol. The third kappa shape index (κ3) is 2.83. The summed E-state index contributed by atoms with van der Waals surface area (Å²) in [5, 5.41) is 3.37. The Morgan fingerprint density at radius 2 is 2.21 bits per heavy atom. The lowest BCUT2D eigenvalue weighted by Gasteiger charge is -2.17. The van der Waals surface area contributed by atoms with Crippen LogP contribution in [0.5, 0.6) is 11.5 Å². The van der Waals surface area contributed by atoms with Crippen LogP contribution in [0.3, 0.4) is 0 Å². The van der Waals surface area contributed by atoms with Crippen molar-refractivity contribution in [3.63, 3.8) is 0 Å². The van der Waals surface area contributed by atoms with Gasteiger partial charge in [-0.05, 0) is 19.9 Å². The average molecular weight is 265 g/mol. The molecule has 1 fully saturated rings. The fraction of sp³-hybridized carbons (Fsp3) is 0.571. The van der Waals surface area contributed by atoms with Gasteiger partial charge in [0.1, 0.15) is 0 Å². The number of ether oxygens (including phenoxy) is 4. The highest BCUT2D eigenvalue weighted by Crippen LogP contribution is 2.35. The van der Waals surface area contributed by atoms with Gasteiger partial charge in [-0.2, -0.15) is 0 Å². The van der Waals surface area contributed by atoms with Crippen molar-refractivity contribution < 1.29 is 18.9 Å². The van der Waals surface area contributed by atoms with Crippen LogP contribution in [0.15, 0.2) is 18.2 Å². The van der Waals surface area contributed by atoms with Crippen molar-refractivity contribution in [3.8, 4) is 11.5 Å². The smallest absolute Gasteiger partial charge is 0.231 e. The maximum absolute atomic E-state index is 5.74. The minimum absolute atomic E-state index is 0.101. The summed E-state index contributed by atoms with van der Waals surface area (Å²) in [6.45, 7) is 6.29. The molecule has 19 heavy (non-hydrogen) atoms. The molecule has 1 saturated heterocycles. The Morgan fingerprint density at radius 3 is 3.00 bits per heavy atom. The van der Waals surface area contributed by atoms with E-state index in [1.54, 1.807) is 0 Å². The van der Waals surface area contributed by atoms with Crippen molar-refractivity contribution in [2.75, 3.05) is 19.9 Å². The molecule has 5 nitrogen and oxygen atoms in total. The van der Waals surface area contributed by atoms with Crippen LogP contribution in [0.1, 0.15) is 19.4 Å². The highest BCUT2D eigenvalue weighted by atomic mass is 16.7. The van der Waals surface area contributed by atoms with Gasteiger partial charge in [0, 0.05) is 18.7 Å². The molecule has 2 aliphatic heterocycles. The van der Waals surface area contributed by atoms with Gasteiger partial charge in [0.2, 0.25) is 6.79 Å². The van der Waals surface area contributed by atoms with E-state index in [-0.39, 0.29) is 6.10 Å². The minimum atomic E-state index is -0.461. The van der Waals surface area contributed by atoms with Crippen LogP contribution in [0.4, 0.5) is 0 Å². The van der Waals surface area contributed by atoms with Crippen molar-refractivity contribution in [2.45, 2.75) is 32.3 Å². The maximum atomic E-state index is 5.74. The third-order valence-electron chi connectivity index (χ3n) is 3.23. The minimum Gasteiger partial charge on any atom is -0.454 e. The highest BCUT2D eigenvalue weighted by molar-refractivity contribution is 5.48. The van der Waals surface area contributed by atoms with Gasteiger partial charge in [0.15, 0.2) is 17.3 Å². The summed E-state index contributed by atoms with van der Waals surface area (Å²) in [5.41, 5.74) is 1.10. The highest BCUT2D eigenvalue weighted by Gasteiger charge is 2.32. The molecular formula is C14H19NO4. The molecule has 0 aliphatic carbocycles. The third-order valence-corrected chi connectivity index (χ3v) is 3.23. The van der Waals surface area contributed by atoms with Crippen molar-refractivity contribution in [1.29, 1.82) is 0 Å². The molecule has 5 heteroatoms. The molecule has 0 aromatic heterocycles. The van der Waals surface area contributed by atoms with Crippen LogP contribution in [-0.4, -0.2) is 31.8 Å². The summed E-state index contributed by atoms with van der Waals surface area (Å²) >= 11 is 0. The topological polar surface area (TPSA) is 49.0 Å². The quantitative estimate of drug-likeness (QED) is 0.897. The molecule has 0 radical (unpaired) electrons. The predicted molar refractivity (Wildman–Crippen MR) is 69.2 cm³/mol. The molecule has 1 aromatic carbocycles. The average Bonchev–Trinajstić information content (AvgIpc) is 2.96. The molecule has 1 aromatic rings. The lowest BCUT2D eigenvalue weighted by atomic mass is 10.2. The molecule has 1 N–H and O–H groups in total. The molecule has 104 valence electrons. The van der Waals surface area contributed by atoms with E-state index in [2.05, 4.69) is 5.32 Å². The zero-order valence-electron chi connectivity index (χ0n) is 11.3. The molecular weight excluding hydrogens is 246 g/mol. The second kappa shape index (κ2) is 5.00. The second-order valence-corrected chi connectivity index (χ2v) is 5.23. The zero-order valence-corrected chi connectivity index (χ0v) is 11.3. The number of hydrogen-bond acceptors (Lipinski definition) is 5. The molecule has 2 heterocycles. The van der Waals surface area contributed by atoms with Gasteiger partial charge >= 0.3 is 0 Å². The Bertz CT molecular complexity index is 461. The van der Waals surface area contributed by atoms with Gasteiger partial charge in [0.05, 0.1) is 12.7 Å². The first-order valence-electron chi connectivity index (χ1n) is 6.54. The summed E-state index contributed by atoms with van der Waals surface area (Å²) in [6.07, 6.45) is 0.101. The summed E-state index contributed by atoms with van der Waals surface area (Å²) < 4.78 is 22.1. The molecule has 0 amide bonds. The van der Waals surface area contributed by atoms with E-state index in [9.17, 15) is 0 Å². The van der Waals surface area contributed by atoms with E-state index in [0.29, 0.717) is 13.4 Å². The molecule has 2 aliphatic rings. The molecule has 1 atom stereocenters. The number of hydrogen-bond donors (Lipinski definition) is 1. The maximum Gasteiger partial charge on any atom is 0.231 e. The van der Waals surface area contributed by atoms with Crippen LogP contribution >= 0.6 is 0 Å². The molecule has 0 bridgehead atoms. The summed E-state index contributed by atoms with van der Waals surface area (Å²) in [5.74, 6) is 1.21. The van der Waals surface area contributed by atoms with E-state index in [1.165, 1.54) is 0 Å². The Kier molecular flexibility index (Phi) is 3.35. The van der Waals surface area contributed by atoms with Crippen molar-refractivity contribution in [2.24, 2.45) is 0 Å². The lowest BCUT2D eigenvalue weighted by molar-refractivity contribution is -0.137. The number of benzene rings is 1. The van der Waals surface area contributed by atoms with E-state index in [0.717, 1.165) is 30.2 Å². The van der Waals surface area contributed by atoms with Gasteiger partial charge in [-0.15, -0.1) is 0 Å². The summed E-state index contributed by atoms with van der Waals surface area (Å²) in [6, 6.07) is 5.93. The number of rotatable bonds is 4. The normalized spacial score (nSPS) is 23.8. The Labute approximate surface area is 112 Å². The summed E-state index contributed by atoms with van der Waals surface area (Å²) in [7, 11) is 0. The van der Waals surface area contributed by atoms with Gasteiger partial charge in [-0.3, -0.25) is 0 Å². The predicted octanol–water partition coefficient (Wildman–Crippen LogP) is 1.66. The van der Waals surface area contributed by atoms with E-state index < -0.39 is 5.79 Å². The van der Waals surface area contributed by atoms with Crippen LogP contribution < -0.4 is 14.8 Å². The second-order valence-electron chi connectivity index (χ2n) is 5.23. The summed E-state index contributed by atoms with van der Waals surface area (Å²) in [4.78, 5) is 0. The first-order valence-corrected chi connectivity index (χ1v) is 6.54. The number of para-hydroxylation sites is 1. The van der Waals surface area contributed by atoms with Crippen LogP contribution in [-0.2, 0) is 16.0 Å². The van der Waals surface area contributed by atoms with Crippen molar-refractivity contribution >= 4 is 0 Å². The Morgan fingerprint density at radius 1 is 1.32 bits per heavy atom. The van der Waals surface area contributed by atoms with Crippen molar-refractivity contribution in [1.82, 2.24) is 5.32 Å². The SMILES string of the molecule is CC1(C)OCC(CNCc2cccc3c2OCO3)O1. The van der Waals surface area contributed by atoms with Crippen LogP contribution in [0, 0.1) is 0 Å².